The van der Waals surface area contributed by atoms with Gasteiger partial charge in [0.15, 0.2) is 0 Å². The van der Waals surface area contributed by atoms with E-state index < -0.39 is 0 Å². The third-order valence-electron chi connectivity index (χ3n) is 1.31. The summed E-state index contributed by atoms with van der Waals surface area (Å²) in [6.45, 7) is 0. The predicted octanol–water partition coefficient (Wildman–Crippen LogP) is 2.36. The molecule has 2 rings (SSSR count). The average Bonchev–Trinajstić information content (AvgIpc) is 2.56. The van der Waals surface area contributed by atoms with E-state index in [2.05, 4.69) is 31.1 Å². The zero-order chi connectivity index (χ0) is 8.39. The second kappa shape index (κ2) is 3.28. The topological polar surface area (TPSA) is 38.7 Å². The Bertz CT molecular complexity index is 374. The maximum absolute atomic E-state index is 4.03. The molecule has 0 radical (unpaired) electrons. The Hall–Kier alpha value is -0.810. The molecule has 0 N–H and O–H groups in total. The molecule has 0 aromatic carbocycles. The Balaban J connectivity index is 2.48. The lowest BCUT2D eigenvalue weighted by molar-refractivity contribution is 1.09. The Labute approximate surface area is 81.6 Å². The Kier molecular flexibility index (Phi) is 2.14. The van der Waals surface area contributed by atoms with Gasteiger partial charge in [-0.25, -0.2) is 0 Å². The lowest BCUT2D eigenvalue weighted by Crippen LogP contribution is -1.78. The van der Waals surface area contributed by atoms with Crippen LogP contribution in [0.2, 0.25) is 0 Å². The van der Waals surface area contributed by atoms with Crippen LogP contribution in [-0.4, -0.2) is 15.2 Å². The van der Waals surface area contributed by atoms with Crippen molar-refractivity contribution in [1.82, 2.24) is 15.2 Å². The minimum Gasteiger partial charge on any atom is -0.263 e. The fraction of sp³-hybridized carbons (Fsp3) is 0. The Morgan fingerprint density at radius 2 is 2.25 bits per heavy atom. The van der Waals surface area contributed by atoms with Gasteiger partial charge in [0.2, 0.25) is 0 Å². The highest BCUT2D eigenvalue weighted by Gasteiger charge is 2.01. The first-order valence-electron chi connectivity index (χ1n) is 3.23. The van der Waals surface area contributed by atoms with Crippen molar-refractivity contribution in [2.24, 2.45) is 0 Å². The van der Waals surface area contributed by atoms with Gasteiger partial charge in [0, 0.05) is 22.4 Å². The quantitative estimate of drug-likeness (QED) is 0.770. The number of aromatic nitrogens is 3. The molecule has 0 bridgehead atoms. The van der Waals surface area contributed by atoms with Crippen LogP contribution in [0.25, 0.3) is 10.6 Å². The van der Waals surface area contributed by atoms with E-state index in [-0.39, 0.29) is 0 Å². The second-order valence-corrected chi connectivity index (χ2v) is 3.88. The molecule has 0 aliphatic heterocycles. The summed E-state index contributed by atoms with van der Waals surface area (Å²) in [5.74, 6) is 0. The van der Waals surface area contributed by atoms with Crippen LogP contribution in [-0.2, 0) is 0 Å². The van der Waals surface area contributed by atoms with Gasteiger partial charge in [-0.1, -0.05) is 11.3 Å². The van der Waals surface area contributed by atoms with E-state index >= 15 is 0 Å². The maximum atomic E-state index is 4.03. The van der Waals surface area contributed by atoms with Crippen molar-refractivity contribution in [3.05, 3.63) is 28.4 Å². The highest BCUT2D eigenvalue weighted by atomic mass is 79.9. The summed E-state index contributed by atoms with van der Waals surface area (Å²) in [5, 5.41) is 8.58. The number of hydrogen-bond donors (Lipinski definition) is 0. The second-order valence-electron chi connectivity index (χ2n) is 2.14. The molecule has 0 aliphatic carbocycles. The summed E-state index contributed by atoms with van der Waals surface area (Å²) >= 11 is 4.84. The van der Waals surface area contributed by atoms with Gasteiger partial charge >= 0.3 is 0 Å². The molecule has 3 nitrogen and oxygen atoms in total. The molecule has 0 saturated heterocycles. The molecule has 2 heterocycles. The van der Waals surface area contributed by atoms with Gasteiger partial charge in [0.05, 0.1) is 0 Å². The largest absolute Gasteiger partial charge is 0.263 e. The minimum absolute atomic E-state index is 0.892. The normalized spacial score (nSPS) is 10.1. The van der Waals surface area contributed by atoms with E-state index in [4.69, 9.17) is 0 Å². The first kappa shape index (κ1) is 7.82. The number of rotatable bonds is 1. The molecule has 0 saturated carbocycles. The first-order chi connectivity index (χ1) is 5.86. The number of hydrogen-bond acceptors (Lipinski definition) is 4. The summed E-state index contributed by atoms with van der Waals surface area (Å²) in [4.78, 5) is 4.03. The van der Waals surface area contributed by atoms with Crippen LogP contribution in [0.15, 0.2) is 28.4 Å². The molecule has 0 atom stereocenters. The van der Waals surface area contributed by atoms with Gasteiger partial charge in [0.25, 0.3) is 0 Å². The number of pyridine rings is 1. The predicted molar refractivity (Wildman–Crippen MR) is 50.8 cm³/mol. The van der Waals surface area contributed by atoms with E-state index in [1.807, 2.05) is 6.07 Å². The molecule has 0 unspecified atom stereocenters. The molecule has 0 amide bonds. The van der Waals surface area contributed by atoms with Crippen LogP contribution < -0.4 is 0 Å². The lowest BCUT2D eigenvalue weighted by Gasteiger charge is -1.93. The highest BCUT2D eigenvalue weighted by molar-refractivity contribution is 9.10. The van der Waals surface area contributed by atoms with Crippen LogP contribution >= 0.6 is 27.3 Å². The molecular formula is C7H4BrN3S. The maximum Gasteiger partial charge on any atom is 0.149 e. The number of halogens is 1. The molecule has 0 aliphatic rings. The van der Waals surface area contributed by atoms with Gasteiger partial charge in [-0.2, -0.15) is 0 Å². The van der Waals surface area contributed by atoms with Crippen molar-refractivity contribution in [3.63, 3.8) is 0 Å². The van der Waals surface area contributed by atoms with Crippen molar-refractivity contribution >= 4 is 27.3 Å². The third kappa shape index (κ3) is 1.51. The summed E-state index contributed by atoms with van der Waals surface area (Å²) in [7, 11) is 0. The standard InChI is InChI=1S/C7H4BrN3S/c8-6-1-5(2-9-3-6)7-11-10-4-12-7/h1-4H. The van der Waals surface area contributed by atoms with Crippen LogP contribution in [0.3, 0.4) is 0 Å². The summed E-state index contributed by atoms with van der Waals surface area (Å²) in [6, 6.07) is 1.97. The van der Waals surface area contributed by atoms with Crippen molar-refractivity contribution < 1.29 is 0 Å². The molecule has 5 heteroatoms. The smallest absolute Gasteiger partial charge is 0.149 e. The minimum atomic E-state index is 0.892. The highest BCUT2D eigenvalue weighted by Crippen LogP contribution is 2.22. The first-order valence-corrected chi connectivity index (χ1v) is 4.90. The lowest BCUT2D eigenvalue weighted by atomic mass is 10.3. The van der Waals surface area contributed by atoms with Gasteiger partial charge < -0.3 is 0 Å². The third-order valence-corrected chi connectivity index (χ3v) is 2.49. The van der Waals surface area contributed by atoms with Crippen molar-refractivity contribution in [2.45, 2.75) is 0 Å². The van der Waals surface area contributed by atoms with Gasteiger partial charge in [-0.05, 0) is 22.0 Å². The van der Waals surface area contributed by atoms with Gasteiger partial charge in [-0.15, -0.1) is 10.2 Å². The molecule has 12 heavy (non-hydrogen) atoms. The molecule has 2 aromatic heterocycles. The SMILES string of the molecule is Brc1cncc(-c2nncs2)c1. The van der Waals surface area contributed by atoms with E-state index in [9.17, 15) is 0 Å². The van der Waals surface area contributed by atoms with Crippen LogP contribution in [0.5, 0.6) is 0 Å². The fourth-order valence-corrected chi connectivity index (χ4v) is 1.73. The molecule has 2 aromatic rings. The molecule has 60 valence electrons. The average molecular weight is 242 g/mol. The zero-order valence-corrected chi connectivity index (χ0v) is 8.34. The fourth-order valence-electron chi connectivity index (χ4n) is 0.828. The van der Waals surface area contributed by atoms with E-state index in [0.717, 1.165) is 15.0 Å². The van der Waals surface area contributed by atoms with Crippen molar-refractivity contribution in [3.8, 4) is 10.6 Å². The van der Waals surface area contributed by atoms with Gasteiger partial charge in [-0.3, -0.25) is 4.98 Å². The molecule has 0 fully saturated rings. The summed E-state index contributed by atoms with van der Waals surface area (Å²) in [5.41, 5.74) is 2.70. The van der Waals surface area contributed by atoms with E-state index in [0.29, 0.717) is 0 Å². The van der Waals surface area contributed by atoms with Crippen LogP contribution in [0.1, 0.15) is 0 Å². The number of nitrogens with zero attached hydrogens (tertiary/aromatic N) is 3. The Morgan fingerprint density at radius 3 is 2.92 bits per heavy atom. The van der Waals surface area contributed by atoms with Crippen molar-refractivity contribution in [2.75, 3.05) is 0 Å². The Morgan fingerprint density at radius 1 is 1.33 bits per heavy atom. The van der Waals surface area contributed by atoms with Gasteiger partial charge in [0.1, 0.15) is 10.5 Å². The summed E-state index contributed by atoms with van der Waals surface area (Å²) < 4.78 is 0.954. The molecular weight excluding hydrogens is 238 g/mol. The van der Waals surface area contributed by atoms with E-state index in [1.54, 1.807) is 17.9 Å². The van der Waals surface area contributed by atoms with Crippen LogP contribution in [0, 0.1) is 0 Å². The summed E-state index contributed by atoms with van der Waals surface area (Å²) in [6.07, 6.45) is 3.51. The molecule has 0 spiro atoms. The monoisotopic (exact) mass is 241 g/mol. The van der Waals surface area contributed by atoms with Crippen molar-refractivity contribution in [1.29, 1.82) is 0 Å². The van der Waals surface area contributed by atoms with Crippen LogP contribution in [0.4, 0.5) is 0 Å². The van der Waals surface area contributed by atoms with E-state index in [1.165, 1.54) is 11.3 Å². The zero-order valence-electron chi connectivity index (χ0n) is 5.94.